The van der Waals surface area contributed by atoms with Gasteiger partial charge in [0.25, 0.3) is 0 Å². The number of urea groups is 1. The highest BCUT2D eigenvalue weighted by molar-refractivity contribution is 7.89. The molecular weight excluding hydrogens is 348 g/mol. The lowest BCUT2D eigenvalue weighted by Gasteiger charge is -2.20. The van der Waals surface area contributed by atoms with Crippen molar-refractivity contribution in [2.75, 3.05) is 45.0 Å². The van der Waals surface area contributed by atoms with Gasteiger partial charge in [0.15, 0.2) is 0 Å². The SMILES string of the molecule is CN(C)c1ccc(S(=O)(=O)N(C)C)cc1NC(=O)NCCCC(=O)O. The normalized spacial score (nSPS) is 11.2. The van der Waals surface area contributed by atoms with Crippen LogP contribution in [0.2, 0.25) is 0 Å². The van der Waals surface area contributed by atoms with Crippen molar-refractivity contribution in [3.05, 3.63) is 18.2 Å². The number of carboxylic acids is 1. The fraction of sp³-hybridized carbons (Fsp3) is 0.467. The number of benzene rings is 1. The number of anilines is 2. The van der Waals surface area contributed by atoms with Crippen molar-refractivity contribution in [3.63, 3.8) is 0 Å². The molecule has 0 saturated heterocycles. The second kappa shape index (κ2) is 8.67. The van der Waals surface area contributed by atoms with Crippen LogP contribution in [0, 0.1) is 0 Å². The molecule has 0 spiro atoms. The third-order valence-corrected chi connectivity index (χ3v) is 5.14. The highest BCUT2D eigenvalue weighted by Gasteiger charge is 2.20. The van der Waals surface area contributed by atoms with Crippen LogP contribution in [-0.4, -0.2) is 64.6 Å². The van der Waals surface area contributed by atoms with Crippen LogP contribution in [0.4, 0.5) is 16.2 Å². The minimum Gasteiger partial charge on any atom is -0.481 e. The summed E-state index contributed by atoms with van der Waals surface area (Å²) >= 11 is 0. The van der Waals surface area contributed by atoms with Crippen molar-refractivity contribution in [2.45, 2.75) is 17.7 Å². The van der Waals surface area contributed by atoms with E-state index < -0.39 is 22.0 Å². The number of sulfonamides is 1. The molecule has 3 N–H and O–H groups in total. The summed E-state index contributed by atoms with van der Waals surface area (Å²) in [6.07, 6.45) is 0.262. The van der Waals surface area contributed by atoms with E-state index in [9.17, 15) is 18.0 Å². The zero-order valence-corrected chi connectivity index (χ0v) is 15.6. The van der Waals surface area contributed by atoms with Gasteiger partial charge in [-0.3, -0.25) is 4.79 Å². The Balaban J connectivity index is 2.95. The van der Waals surface area contributed by atoms with E-state index in [2.05, 4.69) is 10.6 Å². The lowest BCUT2D eigenvalue weighted by molar-refractivity contribution is -0.137. The third-order valence-electron chi connectivity index (χ3n) is 3.33. The second-order valence-corrected chi connectivity index (χ2v) is 7.89. The molecule has 10 heteroatoms. The summed E-state index contributed by atoms with van der Waals surface area (Å²) in [4.78, 5) is 24.2. The first-order valence-corrected chi connectivity index (χ1v) is 9.00. The quantitative estimate of drug-likeness (QED) is 0.586. The average molecular weight is 372 g/mol. The van der Waals surface area contributed by atoms with Crippen LogP contribution in [0.15, 0.2) is 23.1 Å². The number of carboxylic acid groups (broad SMARTS) is 1. The maximum absolute atomic E-state index is 12.3. The Morgan fingerprint density at radius 1 is 1.16 bits per heavy atom. The van der Waals surface area contributed by atoms with Gasteiger partial charge in [0.05, 0.1) is 16.3 Å². The number of nitrogens with zero attached hydrogens (tertiary/aromatic N) is 2. The van der Waals surface area contributed by atoms with Gasteiger partial charge >= 0.3 is 12.0 Å². The standard InChI is InChI=1S/C15H24N4O5S/c1-18(2)13-8-7-11(25(23,24)19(3)4)10-12(13)17-15(22)16-9-5-6-14(20)21/h7-8,10H,5-6,9H2,1-4H3,(H,20,21)(H2,16,17,22). The molecule has 9 nitrogen and oxygen atoms in total. The van der Waals surface area contributed by atoms with Gasteiger partial charge in [-0.2, -0.15) is 0 Å². The molecule has 25 heavy (non-hydrogen) atoms. The van der Waals surface area contributed by atoms with Crippen molar-refractivity contribution in [2.24, 2.45) is 0 Å². The van der Waals surface area contributed by atoms with Gasteiger partial charge in [-0.25, -0.2) is 17.5 Å². The van der Waals surface area contributed by atoms with E-state index in [1.807, 2.05) is 0 Å². The molecular formula is C15H24N4O5S. The molecule has 0 fully saturated rings. The monoisotopic (exact) mass is 372 g/mol. The Kier molecular flexibility index (Phi) is 7.19. The van der Waals surface area contributed by atoms with Crippen LogP contribution < -0.4 is 15.5 Å². The highest BCUT2D eigenvalue weighted by atomic mass is 32.2. The number of hydrogen-bond acceptors (Lipinski definition) is 5. The first-order valence-electron chi connectivity index (χ1n) is 7.56. The Hall–Kier alpha value is -2.33. The van der Waals surface area contributed by atoms with E-state index in [0.29, 0.717) is 17.8 Å². The van der Waals surface area contributed by atoms with Crippen molar-refractivity contribution in [3.8, 4) is 0 Å². The summed E-state index contributed by atoms with van der Waals surface area (Å²) in [7, 11) is 2.76. The number of hydrogen-bond donors (Lipinski definition) is 3. The molecule has 1 aromatic carbocycles. The lowest BCUT2D eigenvalue weighted by Crippen LogP contribution is -2.30. The van der Waals surface area contributed by atoms with Crippen LogP contribution in [0.5, 0.6) is 0 Å². The molecule has 2 amide bonds. The molecule has 1 aromatic rings. The summed E-state index contributed by atoms with van der Waals surface area (Å²) in [5, 5.41) is 13.7. The molecule has 140 valence electrons. The number of rotatable bonds is 8. The Bertz CT molecular complexity index is 731. The molecule has 0 aliphatic heterocycles. The van der Waals surface area contributed by atoms with E-state index in [1.165, 1.54) is 26.2 Å². The van der Waals surface area contributed by atoms with Crippen LogP contribution in [-0.2, 0) is 14.8 Å². The molecule has 0 atom stereocenters. The predicted molar refractivity (Wildman–Crippen MR) is 95.5 cm³/mol. The zero-order chi connectivity index (χ0) is 19.2. The number of carbonyl (C=O) groups excluding carboxylic acids is 1. The molecule has 1 rings (SSSR count). The van der Waals surface area contributed by atoms with Gasteiger partial charge < -0.3 is 20.6 Å². The molecule has 0 saturated carbocycles. The van der Waals surface area contributed by atoms with Crippen molar-refractivity contribution < 1.29 is 23.1 Å². The number of aliphatic carboxylic acids is 1. The lowest BCUT2D eigenvalue weighted by atomic mass is 10.2. The van der Waals surface area contributed by atoms with Crippen molar-refractivity contribution >= 4 is 33.4 Å². The molecule has 0 aliphatic carbocycles. The minimum atomic E-state index is -3.63. The number of amides is 2. The molecule has 0 heterocycles. The Morgan fingerprint density at radius 3 is 2.32 bits per heavy atom. The zero-order valence-electron chi connectivity index (χ0n) is 14.7. The molecule has 0 aliphatic rings. The van der Waals surface area contributed by atoms with E-state index >= 15 is 0 Å². The highest BCUT2D eigenvalue weighted by Crippen LogP contribution is 2.28. The topological polar surface area (TPSA) is 119 Å². The number of carbonyl (C=O) groups is 2. The summed E-state index contributed by atoms with van der Waals surface area (Å²) in [6, 6.07) is 3.94. The Morgan fingerprint density at radius 2 is 1.80 bits per heavy atom. The van der Waals surface area contributed by atoms with Crippen LogP contribution in [0.3, 0.4) is 0 Å². The maximum atomic E-state index is 12.3. The molecule has 0 unspecified atom stereocenters. The van der Waals surface area contributed by atoms with Crippen molar-refractivity contribution in [1.82, 2.24) is 9.62 Å². The van der Waals surface area contributed by atoms with Crippen LogP contribution in [0.1, 0.15) is 12.8 Å². The average Bonchev–Trinajstić information content (AvgIpc) is 2.50. The van der Waals surface area contributed by atoms with E-state index in [4.69, 9.17) is 5.11 Å². The minimum absolute atomic E-state index is 0.0419. The fourth-order valence-corrected chi connectivity index (χ4v) is 2.91. The summed E-state index contributed by atoms with van der Waals surface area (Å²) in [6.45, 7) is 0.200. The summed E-state index contributed by atoms with van der Waals surface area (Å²) in [5.41, 5.74) is 0.974. The first-order chi connectivity index (χ1) is 11.6. The van der Waals surface area contributed by atoms with E-state index in [-0.39, 0.29) is 17.9 Å². The van der Waals surface area contributed by atoms with Gasteiger partial charge in [-0.05, 0) is 24.6 Å². The summed E-state index contributed by atoms with van der Waals surface area (Å²) < 4.78 is 25.6. The van der Waals surface area contributed by atoms with Crippen molar-refractivity contribution in [1.29, 1.82) is 0 Å². The third kappa shape index (κ3) is 5.91. The van der Waals surface area contributed by atoms with E-state index in [1.54, 1.807) is 25.1 Å². The van der Waals surface area contributed by atoms with Gasteiger partial charge in [0.1, 0.15) is 0 Å². The molecule has 0 bridgehead atoms. The van der Waals surface area contributed by atoms with Crippen LogP contribution in [0.25, 0.3) is 0 Å². The second-order valence-electron chi connectivity index (χ2n) is 5.74. The fourth-order valence-electron chi connectivity index (χ4n) is 1.98. The summed E-state index contributed by atoms with van der Waals surface area (Å²) in [5.74, 6) is -0.932. The smallest absolute Gasteiger partial charge is 0.319 e. The van der Waals surface area contributed by atoms with Gasteiger partial charge in [0.2, 0.25) is 10.0 Å². The largest absolute Gasteiger partial charge is 0.481 e. The van der Waals surface area contributed by atoms with E-state index in [0.717, 1.165) is 4.31 Å². The van der Waals surface area contributed by atoms with Gasteiger partial charge in [-0.1, -0.05) is 0 Å². The maximum Gasteiger partial charge on any atom is 0.319 e. The van der Waals surface area contributed by atoms with Gasteiger partial charge in [0, 0.05) is 41.2 Å². The Labute approximate surface area is 147 Å². The molecule has 0 aromatic heterocycles. The first kappa shape index (κ1) is 20.7. The number of nitrogens with one attached hydrogen (secondary N) is 2. The van der Waals surface area contributed by atoms with Gasteiger partial charge in [-0.15, -0.1) is 0 Å². The molecule has 0 radical (unpaired) electrons. The van der Waals surface area contributed by atoms with Crippen LogP contribution >= 0.6 is 0 Å². The predicted octanol–water partition coefficient (Wildman–Crippen LogP) is 0.989.